The molecule has 0 aliphatic heterocycles. The summed E-state index contributed by atoms with van der Waals surface area (Å²) in [5.74, 6) is 1.74. The van der Waals surface area contributed by atoms with Gasteiger partial charge in [0.05, 0.1) is 6.54 Å². The van der Waals surface area contributed by atoms with Crippen molar-refractivity contribution in [2.75, 3.05) is 7.05 Å². The van der Waals surface area contributed by atoms with Crippen LogP contribution in [0.5, 0.6) is 0 Å². The molecule has 2 rings (SSSR count). The minimum Gasteiger partial charge on any atom is -0.456 e. The molecule has 0 spiro atoms. The highest BCUT2D eigenvalue weighted by molar-refractivity contribution is 5.91. The summed E-state index contributed by atoms with van der Waals surface area (Å²) in [5.41, 5.74) is 0.727. The predicted molar refractivity (Wildman–Crippen MR) is 65.1 cm³/mol. The lowest BCUT2D eigenvalue weighted by molar-refractivity contribution is 0.0748. The molecule has 1 amide bonds. The normalized spacial score (nSPS) is 10.6. The van der Waals surface area contributed by atoms with Crippen molar-refractivity contribution < 1.29 is 13.7 Å². The molecule has 0 aliphatic rings. The van der Waals surface area contributed by atoms with Crippen LogP contribution in [0.15, 0.2) is 27.1 Å². The van der Waals surface area contributed by atoms with Crippen LogP contribution >= 0.6 is 0 Å². The minimum absolute atomic E-state index is 0.157. The van der Waals surface area contributed by atoms with Crippen LogP contribution in [-0.4, -0.2) is 23.0 Å². The van der Waals surface area contributed by atoms with Crippen LogP contribution in [0.4, 0.5) is 0 Å². The molecule has 2 heterocycles. The number of hydrogen-bond donors (Lipinski definition) is 0. The van der Waals surface area contributed by atoms with Crippen molar-refractivity contribution in [3.8, 4) is 0 Å². The van der Waals surface area contributed by atoms with Gasteiger partial charge >= 0.3 is 0 Å². The molecule has 5 nitrogen and oxygen atoms in total. The zero-order valence-corrected chi connectivity index (χ0v) is 10.8. The summed E-state index contributed by atoms with van der Waals surface area (Å²) < 4.78 is 10.4. The van der Waals surface area contributed by atoms with E-state index in [1.807, 2.05) is 26.0 Å². The summed E-state index contributed by atoms with van der Waals surface area (Å²) >= 11 is 0. The Morgan fingerprint density at radius 3 is 2.78 bits per heavy atom. The summed E-state index contributed by atoms with van der Waals surface area (Å²) in [5, 5.41) is 3.85. The Morgan fingerprint density at radius 2 is 2.22 bits per heavy atom. The van der Waals surface area contributed by atoms with Crippen molar-refractivity contribution in [2.45, 2.75) is 26.8 Å². The second-order valence-corrected chi connectivity index (χ2v) is 4.21. The fraction of sp³-hybridized carbons (Fsp3) is 0.385. The van der Waals surface area contributed by atoms with Gasteiger partial charge < -0.3 is 13.8 Å². The van der Waals surface area contributed by atoms with Gasteiger partial charge in [-0.1, -0.05) is 12.1 Å². The van der Waals surface area contributed by atoms with Gasteiger partial charge in [-0.2, -0.15) is 0 Å². The number of rotatable bonds is 4. The second kappa shape index (κ2) is 5.08. The molecule has 5 heteroatoms. The highest BCUT2D eigenvalue weighted by Crippen LogP contribution is 2.12. The van der Waals surface area contributed by atoms with Crippen molar-refractivity contribution in [3.63, 3.8) is 0 Å². The molecule has 0 N–H and O–H groups in total. The maximum absolute atomic E-state index is 12.1. The smallest absolute Gasteiger partial charge is 0.289 e. The summed E-state index contributed by atoms with van der Waals surface area (Å²) in [6.45, 7) is 4.20. The maximum atomic E-state index is 12.1. The molecule has 0 fully saturated rings. The van der Waals surface area contributed by atoms with Crippen LogP contribution < -0.4 is 0 Å². The summed E-state index contributed by atoms with van der Waals surface area (Å²) in [6.07, 6.45) is 0.777. The fourth-order valence-electron chi connectivity index (χ4n) is 1.68. The number of furan rings is 1. The van der Waals surface area contributed by atoms with Gasteiger partial charge in [0.15, 0.2) is 5.76 Å². The molecule has 18 heavy (non-hydrogen) atoms. The van der Waals surface area contributed by atoms with Crippen molar-refractivity contribution in [1.82, 2.24) is 10.1 Å². The Bertz CT molecular complexity index is 542. The van der Waals surface area contributed by atoms with Crippen LogP contribution in [0.25, 0.3) is 0 Å². The predicted octanol–water partition coefficient (Wildman–Crippen LogP) is 2.41. The van der Waals surface area contributed by atoms with E-state index in [-0.39, 0.29) is 5.91 Å². The number of aryl methyl sites for hydroxylation is 2. The number of carbonyl (C=O) groups is 1. The van der Waals surface area contributed by atoms with Crippen molar-refractivity contribution in [2.24, 2.45) is 0 Å². The highest BCUT2D eigenvalue weighted by Gasteiger charge is 2.17. The SMILES string of the molecule is CCc1ccc(C(=O)N(C)Cc2cc(C)on2)o1. The third-order valence-corrected chi connectivity index (χ3v) is 2.64. The summed E-state index contributed by atoms with van der Waals surface area (Å²) in [7, 11) is 1.71. The van der Waals surface area contributed by atoms with Crippen molar-refractivity contribution in [3.05, 3.63) is 41.2 Å². The van der Waals surface area contributed by atoms with E-state index in [9.17, 15) is 4.79 Å². The Hall–Kier alpha value is -2.04. The van der Waals surface area contributed by atoms with Crippen molar-refractivity contribution >= 4 is 5.91 Å². The minimum atomic E-state index is -0.157. The van der Waals surface area contributed by atoms with E-state index in [4.69, 9.17) is 8.94 Å². The van der Waals surface area contributed by atoms with Gasteiger partial charge in [-0.3, -0.25) is 4.79 Å². The molecule has 0 saturated heterocycles. The molecular weight excluding hydrogens is 232 g/mol. The van der Waals surface area contributed by atoms with Gasteiger partial charge in [0, 0.05) is 19.5 Å². The maximum Gasteiger partial charge on any atom is 0.289 e. The van der Waals surface area contributed by atoms with E-state index < -0.39 is 0 Å². The Labute approximate surface area is 105 Å². The average molecular weight is 248 g/mol. The second-order valence-electron chi connectivity index (χ2n) is 4.21. The quantitative estimate of drug-likeness (QED) is 0.833. The molecule has 96 valence electrons. The number of aromatic nitrogens is 1. The van der Waals surface area contributed by atoms with E-state index in [2.05, 4.69) is 5.16 Å². The number of carbonyl (C=O) groups excluding carboxylic acids is 1. The zero-order chi connectivity index (χ0) is 13.1. The van der Waals surface area contributed by atoms with E-state index >= 15 is 0 Å². The first-order valence-corrected chi connectivity index (χ1v) is 5.86. The van der Waals surface area contributed by atoms with E-state index in [0.717, 1.165) is 23.6 Å². The molecule has 0 unspecified atom stereocenters. The van der Waals surface area contributed by atoms with Crippen LogP contribution in [0.2, 0.25) is 0 Å². The lowest BCUT2D eigenvalue weighted by Gasteiger charge is -2.13. The van der Waals surface area contributed by atoms with Gasteiger partial charge in [-0.15, -0.1) is 0 Å². The van der Waals surface area contributed by atoms with Gasteiger partial charge in [0.25, 0.3) is 5.91 Å². The number of nitrogens with zero attached hydrogens (tertiary/aromatic N) is 2. The number of amides is 1. The molecule has 0 aliphatic carbocycles. The first kappa shape index (κ1) is 12.4. The molecular formula is C13H16N2O3. The average Bonchev–Trinajstić information content (AvgIpc) is 2.97. The third-order valence-electron chi connectivity index (χ3n) is 2.64. The van der Waals surface area contributed by atoms with E-state index in [1.165, 1.54) is 0 Å². The third kappa shape index (κ3) is 2.61. The summed E-state index contributed by atoms with van der Waals surface area (Å²) in [4.78, 5) is 13.6. The number of hydrogen-bond acceptors (Lipinski definition) is 4. The molecule has 0 bridgehead atoms. The molecule has 0 saturated carbocycles. The molecule has 0 atom stereocenters. The Balaban J connectivity index is 2.04. The lowest BCUT2D eigenvalue weighted by atomic mass is 10.3. The van der Waals surface area contributed by atoms with Crippen molar-refractivity contribution in [1.29, 1.82) is 0 Å². The van der Waals surface area contributed by atoms with Crippen LogP contribution in [0.3, 0.4) is 0 Å². The fourth-order valence-corrected chi connectivity index (χ4v) is 1.68. The van der Waals surface area contributed by atoms with Crippen LogP contribution in [0, 0.1) is 6.92 Å². The lowest BCUT2D eigenvalue weighted by Crippen LogP contribution is -2.25. The first-order valence-electron chi connectivity index (χ1n) is 5.86. The topological polar surface area (TPSA) is 59.5 Å². The van der Waals surface area contributed by atoms with Gasteiger partial charge in [0.2, 0.25) is 0 Å². The molecule has 0 aromatic carbocycles. The van der Waals surface area contributed by atoms with Crippen LogP contribution in [-0.2, 0) is 13.0 Å². The summed E-state index contributed by atoms with van der Waals surface area (Å²) in [6, 6.07) is 5.33. The largest absolute Gasteiger partial charge is 0.456 e. The zero-order valence-electron chi connectivity index (χ0n) is 10.8. The monoisotopic (exact) mass is 248 g/mol. The first-order chi connectivity index (χ1) is 8.60. The van der Waals surface area contributed by atoms with E-state index in [0.29, 0.717) is 12.3 Å². The van der Waals surface area contributed by atoms with Crippen LogP contribution in [0.1, 0.15) is 34.7 Å². The molecule has 0 radical (unpaired) electrons. The van der Waals surface area contributed by atoms with Gasteiger partial charge in [-0.25, -0.2) is 0 Å². The van der Waals surface area contributed by atoms with Gasteiger partial charge in [0.1, 0.15) is 17.2 Å². The standard InChI is InChI=1S/C13H16N2O3/c1-4-11-5-6-12(17-11)13(16)15(3)8-10-7-9(2)18-14-10/h5-7H,4,8H2,1-3H3. The Kier molecular flexibility index (Phi) is 3.50. The Morgan fingerprint density at radius 1 is 1.44 bits per heavy atom. The molecule has 2 aromatic rings. The highest BCUT2D eigenvalue weighted by atomic mass is 16.5. The van der Waals surface area contributed by atoms with Gasteiger partial charge in [-0.05, 0) is 19.1 Å². The van der Waals surface area contributed by atoms with E-state index in [1.54, 1.807) is 18.0 Å². The molecule has 2 aromatic heterocycles.